The van der Waals surface area contributed by atoms with Gasteiger partial charge in [0, 0.05) is 0 Å². The van der Waals surface area contributed by atoms with Gasteiger partial charge in [-0.25, -0.2) is 0 Å². The lowest BCUT2D eigenvalue weighted by Crippen LogP contribution is -1.85. The van der Waals surface area contributed by atoms with Gasteiger partial charge in [-0.2, -0.15) is 0 Å². The molecule has 3 aromatic rings. The quantitative estimate of drug-likeness (QED) is 0.652. The Morgan fingerprint density at radius 1 is 0.550 bits per heavy atom. The van der Waals surface area contributed by atoms with E-state index in [1.807, 2.05) is 72.8 Å². The van der Waals surface area contributed by atoms with Gasteiger partial charge in [0.05, 0.1) is 0 Å². The fourth-order valence-corrected chi connectivity index (χ4v) is 1.78. The zero-order valence-corrected chi connectivity index (χ0v) is 10.8. The minimum Gasteiger partial charge on any atom is -0.457 e. The van der Waals surface area contributed by atoms with Gasteiger partial charge in [-0.05, 0) is 54.6 Å². The van der Waals surface area contributed by atoms with Crippen molar-refractivity contribution in [2.24, 2.45) is 0 Å². The van der Waals surface area contributed by atoms with Crippen molar-refractivity contribution in [1.82, 2.24) is 0 Å². The molecule has 0 bridgehead atoms. The van der Waals surface area contributed by atoms with Crippen LogP contribution < -0.4 is 9.47 Å². The minimum absolute atomic E-state index is 0.768. The molecule has 0 N–H and O–H groups in total. The Hall–Kier alpha value is -2.74. The molecule has 0 spiro atoms. The van der Waals surface area contributed by atoms with E-state index >= 15 is 0 Å². The largest absolute Gasteiger partial charge is 0.457 e. The SMILES string of the molecule is [c]1cccc(Oc2ccc(Oc3ccccc3)cc2)c1. The highest BCUT2D eigenvalue weighted by Gasteiger charge is 1.99. The van der Waals surface area contributed by atoms with E-state index < -0.39 is 0 Å². The Balaban J connectivity index is 1.69. The number of ether oxygens (including phenoxy) is 2. The molecule has 0 unspecified atom stereocenters. The van der Waals surface area contributed by atoms with E-state index in [2.05, 4.69) is 6.07 Å². The van der Waals surface area contributed by atoms with Crippen molar-refractivity contribution < 1.29 is 9.47 Å². The Kier molecular flexibility index (Phi) is 3.65. The lowest BCUT2D eigenvalue weighted by atomic mass is 10.3. The second-order valence-corrected chi connectivity index (χ2v) is 4.23. The summed E-state index contributed by atoms with van der Waals surface area (Å²) in [5.74, 6) is 3.14. The molecule has 2 nitrogen and oxygen atoms in total. The summed E-state index contributed by atoms with van der Waals surface area (Å²) in [6.45, 7) is 0. The third kappa shape index (κ3) is 3.18. The molecule has 0 atom stereocenters. The first-order chi connectivity index (χ1) is 9.90. The normalized spacial score (nSPS) is 10.0. The van der Waals surface area contributed by atoms with Crippen molar-refractivity contribution in [3.8, 4) is 23.0 Å². The fourth-order valence-electron chi connectivity index (χ4n) is 1.78. The zero-order valence-electron chi connectivity index (χ0n) is 10.8. The lowest BCUT2D eigenvalue weighted by Gasteiger charge is -2.08. The number of rotatable bonds is 4. The van der Waals surface area contributed by atoms with E-state index in [4.69, 9.17) is 9.47 Å². The molecule has 0 fully saturated rings. The summed E-state index contributed by atoms with van der Waals surface area (Å²) in [6.07, 6.45) is 0. The maximum Gasteiger partial charge on any atom is 0.128 e. The summed E-state index contributed by atoms with van der Waals surface area (Å²) in [4.78, 5) is 0. The predicted octanol–water partition coefficient (Wildman–Crippen LogP) is 5.07. The van der Waals surface area contributed by atoms with Crippen LogP contribution in [0.2, 0.25) is 0 Å². The standard InChI is InChI=1S/C18H13O2/c1-3-7-15(8-4-1)19-17-11-13-18(14-12-17)20-16-9-5-2-6-10-16/h1-5,7-14H. The Bertz CT molecular complexity index is 586. The Labute approximate surface area is 118 Å². The number of para-hydroxylation sites is 1. The molecule has 3 rings (SSSR count). The first-order valence-electron chi connectivity index (χ1n) is 6.37. The first kappa shape index (κ1) is 12.3. The van der Waals surface area contributed by atoms with Crippen molar-refractivity contribution in [3.05, 3.63) is 84.9 Å². The predicted molar refractivity (Wildman–Crippen MR) is 78.3 cm³/mol. The fraction of sp³-hybridized carbons (Fsp3) is 0. The van der Waals surface area contributed by atoms with Gasteiger partial charge in [-0.15, -0.1) is 0 Å². The summed E-state index contributed by atoms with van der Waals surface area (Å²) in [5.41, 5.74) is 0. The molecule has 0 amide bonds. The summed E-state index contributed by atoms with van der Waals surface area (Å²) in [6, 6.07) is 27.6. The minimum atomic E-state index is 0.768. The van der Waals surface area contributed by atoms with Gasteiger partial charge in [-0.1, -0.05) is 30.3 Å². The van der Waals surface area contributed by atoms with E-state index in [1.54, 1.807) is 6.07 Å². The number of hydrogen-bond acceptors (Lipinski definition) is 2. The van der Waals surface area contributed by atoms with Crippen molar-refractivity contribution in [1.29, 1.82) is 0 Å². The highest BCUT2D eigenvalue weighted by Crippen LogP contribution is 2.26. The summed E-state index contributed by atoms with van der Waals surface area (Å²) >= 11 is 0. The van der Waals surface area contributed by atoms with E-state index in [9.17, 15) is 0 Å². The molecule has 3 aromatic carbocycles. The van der Waals surface area contributed by atoms with E-state index in [0.717, 1.165) is 23.0 Å². The van der Waals surface area contributed by atoms with E-state index in [-0.39, 0.29) is 0 Å². The van der Waals surface area contributed by atoms with Crippen LogP contribution >= 0.6 is 0 Å². The highest BCUT2D eigenvalue weighted by molar-refractivity contribution is 5.37. The van der Waals surface area contributed by atoms with Crippen molar-refractivity contribution in [3.63, 3.8) is 0 Å². The lowest BCUT2D eigenvalue weighted by molar-refractivity contribution is 0.469. The molecule has 1 radical (unpaired) electrons. The van der Waals surface area contributed by atoms with Crippen LogP contribution in [0.4, 0.5) is 0 Å². The molecule has 2 heteroatoms. The summed E-state index contributed by atoms with van der Waals surface area (Å²) in [7, 11) is 0. The molecule has 0 saturated heterocycles. The molecule has 97 valence electrons. The maximum atomic E-state index is 5.72. The second kappa shape index (κ2) is 5.93. The van der Waals surface area contributed by atoms with Crippen molar-refractivity contribution in [2.45, 2.75) is 0 Å². The van der Waals surface area contributed by atoms with Gasteiger partial charge in [0.2, 0.25) is 0 Å². The average Bonchev–Trinajstić information content (AvgIpc) is 2.51. The Morgan fingerprint density at radius 3 is 1.70 bits per heavy atom. The van der Waals surface area contributed by atoms with Crippen LogP contribution in [0.3, 0.4) is 0 Å². The molecule has 0 aliphatic rings. The van der Waals surface area contributed by atoms with Crippen LogP contribution in [-0.4, -0.2) is 0 Å². The maximum absolute atomic E-state index is 5.72. The van der Waals surface area contributed by atoms with Crippen LogP contribution in [-0.2, 0) is 0 Å². The summed E-state index contributed by atoms with van der Waals surface area (Å²) in [5, 5.41) is 0. The van der Waals surface area contributed by atoms with Crippen LogP contribution in [0.25, 0.3) is 0 Å². The monoisotopic (exact) mass is 261 g/mol. The van der Waals surface area contributed by atoms with Crippen LogP contribution in [0.15, 0.2) is 78.9 Å². The summed E-state index contributed by atoms with van der Waals surface area (Å²) < 4.78 is 11.4. The molecule has 20 heavy (non-hydrogen) atoms. The van der Waals surface area contributed by atoms with Gasteiger partial charge in [0.1, 0.15) is 23.0 Å². The van der Waals surface area contributed by atoms with Gasteiger partial charge < -0.3 is 9.47 Å². The van der Waals surface area contributed by atoms with Crippen molar-refractivity contribution in [2.75, 3.05) is 0 Å². The Morgan fingerprint density at radius 2 is 1.10 bits per heavy atom. The molecule has 0 saturated carbocycles. The second-order valence-electron chi connectivity index (χ2n) is 4.23. The van der Waals surface area contributed by atoms with E-state index in [0.29, 0.717) is 0 Å². The van der Waals surface area contributed by atoms with E-state index in [1.165, 1.54) is 0 Å². The molecule has 0 aliphatic carbocycles. The van der Waals surface area contributed by atoms with Crippen LogP contribution in [0.1, 0.15) is 0 Å². The number of hydrogen-bond donors (Lipinski definition) is 0. The topological polar surface area (TPSA) is 18.5 Å². The van der Waals surface area contributed by atoms with Gasteiger partial charge >= 0.3 is 0 Å². The highest BCUT2D eigenvalue weighted by atomic mass is 16.5. The van der Waals surface area contributed by atoms with Crippen LogP contribution in [0.5, 0.6) is 23.0 Å². The van der Waals surface area contributed by atoms with Gasteiger partial charge in [-0.3, -0.25) is 0 Å². The van der Waals surface area contributed by atoms with Gasteiger partial charge in [0.25, 0.3) is 0 Å². The molecular formula is C18H13O2. The zero-order chi connectivity index (χ0) is 13.6. The molecule has 0 aliphatic heterocycles. The number of benzene rings is 3. The third-order valence-corrected chi connectivity index (χ3v) is 2.72. The molecular weight excluding hydrogens is 248 g/mol. The smallest absolute Gasteiger partial charge is 0.128 e. The molecule has 0 heterocycles. The molecule has 0 aromatic heterocycles. The van der Waals surface area contributed by atoms with Crippen LogP contribution in [0, 0.1) is 6.07 Å². The average molecular weight is 261 g/mol. The van der Waals surface area contributed by atoms with Crippen molar-refractivity contribution >= 4 is 0 Å². The van der Waals surface area contributed by atoms with Gasteiger partial charge in [0.15, 0.2) is 0 Å². The third-order valence-electron chi connectivity index (χ3n) is 2.72. The first-order valence-corrected chi connectivity index (χ1v) is 6.37.